The minimum atomic E-state index is -0.285. The van der Waals surface area contributed by atoms with Crippen LogP contribution in [0.3, 0.4) is 0 Å². The van der Waals surface area contributed by atoms with Crippen LogP contribution in [-0.2, 0) is 16.0 Å². The molecular weight excluding hydrogens is 388 g/mol. The molecule has 0 aliphatic carbocycles. The highest BCUT2D eigenvalue weighted by molar-refractivity contribution is 5.89. The van der Waals surface area contributed by atoms with Crippen molar-refractivity contribution in [2.24, 2.45) is 0 Å². The number of carbonyl (C=O) groups is 1. The Hall–Kier alpha value is -2.37. The number of ether oxygens (including phenoxy) is 2. The molecule has 0 spiro atoms. The number of carbonyl (C=O) groups excluding carboxylic acids is 1. The zero-order valence-corrected chi connectivity index (χ0v) is 19.2. The first-order chi connectivity index (χ1) is 15.2. The normalized spacial score (nSPS) is 17.6. The van der Waals surface area contributed by atoms with Crippen molar-refractivity contribution in [1.29, 1.82) is 0 Å². The number of benzene rings is 2. The second-order valence-electron chi connectivity index (χ2n) is 7.93. The summed E-state index contributed by atoms with van der Waals surface area (Å²) in [6.45, 7) is 10.9. The van der Waals surface area contributed by atoms with E-state index in [1.165, 1.54) is 23.9 Å². The molecule has 0 N–H and O–H groups in total. The molecule has 0 bridgehead atoms. The van der Waals surface area contributed by atoms with Gasteiger partial charge in [0.15, 0.2) is 0 Å². The summed E-state index contributed by atoms with van der Waals surface area (Å²) in [5.74, 6) is 0.338. The summed E-state index contributed by atoms with van der Waals surface area (Å²) >= 11 is 0. The summed E-state index contributed by atoms with van der Waals surface area (Å²) in [7, 11) is 1.41. The van der Waals surface area contributed by atoms with E-state index in [1.807, 2.05) is 38.1 Å². The van der Waals surface area contributed by atoms with Crippen molar-refractivity contribution < 1.29 is 14.3 Å². The average Bonchev–Trinajstić information content (AvgIpc) is 2.86. The van der Waals surface area contributed by atoms with Gasteiger partial charge < -0.3 is 14.4 Å². The maximum Gasteiger partial charge on any atom is 0.337 e. The SMILES string of the molecule is CC.COC(=O)c1ccc(N2CCC(c3ccc(CN4CCOCC4)cc3)CC2)cc1. The van der Waals surface area contributed by atoms with Gasteiger partial charge in [-0.1, -0.05) is 38.1 Å². The van der Waals surface area contributed by atoms with Gasteiger partial charge in [-0.15, -0.1) is 0 Å². The van der Waals surface area contributed by atoms with Crippen molar-refractivity contribution in [2.75, 3.05) is 51.4 Å². The van der Waals surface area contributed by atoms with E-state index in [4.69, 9.17) is 9.47 Å². The van der Waals surface area contributed by atoms with Gasteiger partial charge in [-0.2, -0.15) is 0 Å². The number of piperidine rings is 1. The van der Waals surface area contributed by atoms with Crippen LogP contribution in [0.1, 0.15) is 54.1 Å². The van der Waals surface area contributed by atoms with Crippen LogP contribution in [0.25, 0.3) is 0 Å². The molecule has 0 aromatic heterocycles. The zero-order chi connectivity index (χ0) is 22.1. The molecule has 0 radical (unpaired) electrons. The first kappa shape index (κ1) is 23.3. The second kappa shape index (κ2) is 11.9. The van der Waals surface area contributed by atoms with Crippen LogP contribution in [0.5, 0.6) is 0 Å². The van der Waals surface area contributed by atoms with Crippen LogP contribution in [0, 0.1) is 0 Å². The lowest BCUT2D eigenvalue weighted by molar-refractivity contribution is 0.0342. The van der Waals surface area contributed by atoms with Crippen molar-refractivity contribution in [2.45, 2.75) is 39.2 Å². The summed E-state index contributed by atoms with van der Waals surface area (Å²) in [4.78, 5) is 16.5. The van der Waals surface area contributed by atoms with Gasteiger partial charge in [0.1, 0.15) is 0 Å². The molecule has 0 amide bonds. The molecular formula is C26H36N2O3. The maximum atomic E-state index is 11.6. The lowest BCUT2D eigenvalue weighted by atomic mass is 9.88. The van der Waals surface area contributed by atoms with Gasteiger partial charge in [-0.25, -0.2) is 4.79 Å². The first-order valence-corrected chi connectivity index (χ1v) is 11.6. The molecule has 2 heterocycles. The standard InChI is InChI=1S/C24H30N2O3.C2H6/c1-28-24(27)22-6-8-23(9-7-22)26-12-10-21(11-13-26)20-4-2-19(3-5-20)18-25-14-16-29-17-15-25;1-2/h2-9,21H,10-18H2,1H3;1-2H3. The van der Waals surface area contributed by atoms with Gasteiger partial charge in [0.2, 0.25) is 0 Å². The summed E-state index contributed by atoms with van der Waals surface area (Å²) in [6.07, 6.45) is 2.31. The van der Waals surface area contributed by atoms with E-state index >= 15 is 0 Å². The molecule has 0 unspecified atom stereocenters. The van der Waals surface area contributed by atoms with Crippen LogP contribution in [-0.4, -0.2) is 57.4 Å². The van der Waals surface area contributed by atoms with Crippen molar-refractivity contribution in [3.63, 3.8) is 0 Å². The molecule has 4 rings (SSSR count). The molecule has 2 aromatic carbocycles. The van der Waals surface area contributed by atoms with Crippen LogP contribution >= 0.6 is 0 Å². The fourth-order valence-corrected chi connectivity index (χ4v) is 4.31. The van der Waals surface area contributed by atoms with E-state index < -0.39 is 0 Å². The molecule has 5 nitrogen and oxygen atoms in total. The number of esters is 1. The second-order valence-corrected chi connectivity index (χ2v) is 7.93. The molecule has 2 aliphatic heterocycles. The number of rotatable bonds is 5. The third-order valence-electron chi connectivity index (χ3n) is 6.11. The van der Waals surface area contributed by atoms with Crippen molar-refractivity contribution in [1.82, 2.24) is 4.90 Å². The predicted octanol–water partition coefficient (Wildman–Crippen LogP) is 4.72. The quantitative estimate of drug-likeness (QED) is 0.650. The minimum absolute atomic E-state index is 0.285. The maximum absolute atomic E-state index is 11.6. The van der Waals surface area contributed by atoms with Gasteiger partial charge in [0.25, 0.3) is 0 Å². The Bertz CT molecular complexity index is 790. The van der Waals surface area contributed by atoms with Gasteiger partial charge in [-0.3, -0.25) is 4.90 Å². The Kier molecular flexibility index (Phi) is 8.92. The first-order valence-electron chi connectivity index (χ1n) is 11.6. The van der Waals surface area contributed by atoms with Gasteiger partial charge >= 0.3 is 5.97 Å². The zero-order valence-electron chi connectivity index (χ0n) is 19.2. The van der Waals surface area contributed by atoms with Crippen molar-refractivity contribution >= 4 is 11.7 Å². The van der Waals surface area contributed by atoms with E-state index in [1.54, 1.807) is 0 Å². The third-order valence-corrected chi connectivity index (χ3v) is 6.11. The monoisotopic (exact) mass is 424 g/mol. The third kappa shape index (κ3) is 6.31. The smallest absolute Gasteiger partial charge is 0.337 e. The topological polar surface area (TPSA) is 42.0 Å². The Morgan fingerprint density at radius 1 is 0.935 bits per heavy atom. The van der Waals surface area contributed by atoms with E-state index in [9.17, 15) is 4.79 Å². The Balaban J connectivity index is 0.00000132. The Labute approximate surface area is 187 Å². The van der Waals surface area contributed by atoms with Gasteiger partial charge in [0, 0.05) is 38.4 Å². The minimum Gasteiger partial charge on any atom is -0.465 e. The molecule has 31 heavy (non-hydrogen) atoms. The Morgan fingerprint density at radius 2 is 1.55 bits per heavy atom. The summed E-state index contributed by atoms with van der Waals surface area (Å²) in [5, 5.41) is 0. The van der Waals surface area contributed by atoms with Crippen LogP contribution in [0.15, 0.2) is 48.5 Å². The van der Waals surface area contributed by atoms with E-state index in [0.29, 0.717) is 11.5 Å². The van der Waals surface area contributed by atoms with Crippen molar-refractivity contribution in [3.8, 4) is 0 Å². The lowest BCUT2D eigenvalue weighted by Gasteiger charge is -2.34. The molecule has 168 valence electrons. The number of nitrogens with zero attached hydrogens (tertiary/aromatic N) is 2. The van der Waals surface area contributed by atoms with E-state index in [2.05, 4.69) is 34.1 Å². The summed E-state index contributed by atoms with van der Waals surface area (Å²) in [6, 6.07) is 17.0. The van der Waals surface area contributed by atoms with E-state index in [-0.39, 0.29) is 5.97 Å². The number of morpholine rings is 1. The van der Waals surface area contributed by atoms with Crippen LogP contribution < -0.4 is 4.90 Å². The highest BCUT2D eigenvalue weighted by Crippen LogP contribution is 2.31. The summed E-state index contributed by atoms with van der Waals surface area (Å²) < 4.78 is 10.2. The molecule has 2 aliphatic rings. The predicted molar refractivity (Wildman–Crippen MR) is 126 cm³/mol. The number of methoxy groups -OCH3 is 1. The summed E-state index contributed by atoms with van der Waals surface area (Å²) in [5.41, 5.74) is 4.62. The molecule has 0 saturated carbocycles. The van der Waals surface area contributed by atoms with Crippen LogP contribution in [0.4, 0.5) is 5.69 Å². The highest BCUT2D eigenvalue weighted by Gasteiger charge is 2.21. The number of anilines is 1. The van der Waals surface area contributed by atoms with Gasteiger partial charge in [0.05, 0.1) is 25.9 Å². The molecule has 2 fully saturated rings. The molecule has 2 saturated heterocycles. The number of hydrogen-bond donors (Lipinski definition) is 0. The lowest BCUT2D eigenvalue weighted by Crippen LogP contribution is -2.35. The largest absolute Gasteiger partial charge is 0.465 e. The Morgan fingerprint density at radius 3 is 2.13 bits per heavy atom. The molecule has 5 heteroatoms. The highest BCUT2D eigenvalue weighted by atomic mass is 16.5. The van der Waals surface area contributed by atoms with E-state index in [0.717, 1.165) is 58.8 Å². The average molecular weight is 425 g/mol. The molecule has 0 atom stereocenters. The number of hydrogen-bond acceptors (Lipinski definition) is 5. The molecule has 2 aromatic rings. The van der Waals surface area contributed by atoms with Crippen molar-refractivity contribution in [3.05, 3.63) is 65.2 Å². The fraction of sp³-hybridized carbons (Fsp3) is 0.500. The fourth-order valence-electron chi connectivity index (χ4n) is 4.31. The van der Waals surface area contributed by atoms with Crippen LogP contribution in [0.2, 0.25) is 0 Å². The van der Waals surface area contributed by atoms with Gasteiger partial charge in [-0.05, 0) is 54.2 Å².